The second-order valence-corrected chi connectivity index (χ2v) is 6.19. The molecule has 0 radical (unpaired) electrons. The predicted molar refractivity (Wildman–Crippen MR) is 88.3 cm³/mol. The number of aliphatic hydroxyl groups excluding tert-OH is 1. The molecule has 1 aromatic heterocycles. The number of hydrogen-bond donors (Lipinski definition) is 2. The van der Waals surface area contributed by atoms with Gasteiger partial charge in [0.25, 0.3) is 0 Å². The SMILES string of the molecule is CCC(CC)(CO)CNc1ccccc1-c1cccs1. The van der Waals surface area contributed by atoms with Gasteiger partial charge in [-0.1, -0.05) is 38.1 Å². The molecule has 2 nitrogen and oxygen atoms in total. The van der Waals surface area contributed by atoms with Crippen molar-refractivity contribution < 1.29 is 5.11 Å². The third-order valence-electron chi connectivity index (χ3n) is 4.20. The Bertz CT molecular complexity index is 509. The monoisotopic (exact) mass is 289 g/mol. The van der Waals surface area contributed by atoms with E-state index in [1.165, 1.54) is 10.4 Å². The third kappa shape index (κ3) is 3.22. The molecule has 0 aliphatic rings. The molecule has 0 bridgehead atoms. The van der Waals surface area contributed by atoms with Gasteiger partial charge in [-0.2, -0.15) is 0 Å². The summed E-state index contributed by atoms with van der Waals surface area (Å²) < 4.78 is 0. The molecule has 0 amide bonds. The number of para-hydroxylation sites is 1. The second-order valence-electron chi connectivity index (χ2n) is 5.24. The van der Waals surface area contributed by atoms with Crippen LogP contribution in [-0.2, 0) is 0 Å². The summed E-state index contributed by atoms with van der Waals surface area (Å²) in [6.07, 6.45) is 1.96. The highest BCUT2D eigenvalue weighted by atomic mass is 32.1. The fourth-order valence-electron chi connectivity index (χ4n) is 2.35. The van der Waals surface area contributed by atoms with E-state index in [1.54, 1.807) is 11.3 Å². The fourth-order valence-corrected chi connectivity index (χ4v) is 3.11. The highest BCUT2D eigenvalue weighted by molar-refractivity contribution is 7.13. The van der Waals surface area contributed by atoms with Gasteiger partial charge >= 0.3 is 0 Å². The van der Waals surface area contributed by atoms with E-state index in [9.17, 15) is 5.11 Å². The zero-order valence-electron chi connectivity index (χ0n) is 12.2. The van der Waals surface area contributed by atoms with E-state index in [0.29, 0.717) is 0 Å². The molecule has 0 fully saturated rings. The van der Waals surface area contributed by atoms with Crippen LogP contribution in [0.4, 0.5) is 5.69 Å². The summed E-state index contributed by atoms with van der Waals surface area (Å²) in [4.78, 5) is 1.27. The molecule has 0 saturated heterocycles. The van der Waals surface area contributed by atoms with E-state index in [1.807, 2.05) is 0 Å². The first kappa shape index (κ1) is 15.1. The molecular weight excluding hydrogens is 266 g/mol. The average Bonchev–Trinajstić information content (AvgIpc) is 3.04. The summed E-state index contributed by atoms with van der Waals surface area (Å²) in [6, 6.07) is 12.6. The molecule has 0 atom stereocenters. The van der Waals surface area contributed by atoms with E-state index in [2.05, 4.69) is 60.9 Å². The van der Waals surface area contributed by atoms with Gasteiger partial charge in [-0.25, -0.2) is 0 Å². The van der Waals surface area contributed by atoms with Crippen LogP contribution in [-0.4, -0.2) is 18.3 Å². The van der Waals surface area contributed by atoms with Crippen LogP contribution in [0.25, 0.3) is 10.4 Å². The minimum atomic E-state index is -0.0252. The molecule has 1 heterocycles. The lowest BCUT2D eigenvalue weighted by Gasteiger charge is -2.30. The number of aliphatic hydroxyl groups is 1. The standard InChI is InChI=1S/C17H23NOS/c1-3-17(4-2,13-19)12-18-15-9-6-5-8-14(15)16-10-7-11-20-16/h5-11,18-19H,3-4,12-13H2,1-2H3. The van der Waals surface area contributed by atoms with Gasteiger partial charge in [0, 0.05) is 28.1 Å². The molecule has 2 aromatic rings. The number of benzene rings is 1. The maximum atomic E-state index is 9.67. The van der Waals surface area contributed by atoms with Crippen LogP contribution in [0.1, 0.15) is 26.7 Å². The Morgan fingerprint density at radius 3 is 2.45 bits per heavy atom. The summed E-state index contributed by atoms with van der Waals surface area (Å²) in [6.45, 7) is 5.33. The summed E-state index contributed by atoms with van der Waals surface area (Å²) in [5.41, 5.74) is 2.36. The summed E-state index contributed by atoms with van der Waals surface area (Å²) >= 11 is 1.75. The first-order chi connectivity index (χ1) is 9.74. The first-order valence-electron chi connectivity index (χ1n) is 7.22. The van der Waals surface area contributed by atoms with E-state index in [0.717, 1.165) is 25.1 Å². The quantitative estimate of drug-likeness (QED) is 0.779. The topological polar surface area (TPSA) is 32.3 Å². The predicted octanol–water partition coefficient (Wildman–Crippen LogP) is 4.63. The normalized spacial score (nSPS) is 11.6. The van der Waals surface area contributed by atoms with Crippen LogP contribution >= 0.6 is 11.3 Å². The number of nitrogens with one attached hydrogen (secondary N) is 1. The molecule has 0 spiro atoms. The van der Waals surface area contributed by atoms with Gasteiger partial charge in [0.15, 0.2) is 0 Å². The molecule has 0 unspecified atom stereocenters. The van der Waals surface area contributed by atoms with Crippen molar-refractivity contribution >= 4 is 17.0 Å². The molecule has 1 aromatic carbocycles. The Balaban J connectivity index is 2.18. The van der Waals surface area contributed by atoms with Gasteiger partial charge in [-0.05, 0) is 30.4 Å². The zero-order valence-corrected chi connectivity index (χ0v) is 13.0. The van der Waals surface area contributed by atoms with Crippen molar-refractivity contribution in [1.29, 1.82) is 0 Å². The highest BCUT2D eigenvalue weighted by Gasteiger charge is 2.25. The van der Waals surface area contributed by atoms with E-state index in [-0.39, 0.29) is 12.0 Å². The largest absolute Gasteiger partial charge is 0.396 e. The van der Waals surface area contributed by atoms with Crippen molar-refractivity contribution in [2.24, 2.45) is 5.41 Å². The molecule has 3 heteroatoms. The Morgan fingerprint density at radius 1 is 1.10 bits per heavy atom. The van der Waals surface area contributed by atoms with Crippen LogP contribution in [0.5, 0.6) is 0 Å². The van der Waals surface area contributed by atoms with Crippen LogP contribution in [0.2, 0.25) is 0 Å². The number of rotatable bonds is 7. The lowest BCUT2D eigenvalue weighted by molar-refractivity contribution is 0.127. The summed E-state index contributed by atoms with van der Waals surface area (Å²) in [7, 11) is 0. The maximum absolute atomic E-state index is 9.67. The molecular formula is C17H23NOS. The molecule has 2 N–H and O–H groups in total. The number of hydrogen-bond acceptors (Lipinski definition) is 3. The van der Waals surface area contributed by atoms with Gasteiger partial charge < -0.3 is 10.4 Å². The third-order valence-corrected chi connectivity index (χ3v) is 5.11. The number of thiophene rings is 1. The zero-order chi connectivity index (χ0) is 14.4. The minimum absolute atomic E-state index is 0.0252. The van der Waals surface area contributed by atoms with Crippen LogP contribution in [0.15, 0.2) is 41.8 Å². The van der Waals surface area contributed by atoms with Crippen molar-refractivity contribution in [1.82, 2.24) is 0 Å². The smallest absolute Gasteiger partial charge is 0.0504 e. The Morgan fingerprint density at radius 2 is 1.85 bits per heavy atom. The van der Waals surface area contributed by atoms with E-state index < -0.39 is 0 Å². The number of anilines is 1. The van der Waals surface area contributed by atoms with Crippen LogP contribution in [0, 0.1) is 5.41 Å². The fraction of sp³-hybridized carbons (Fsp3) is 0.412. The maximum Gasteiger partial charge on any atom is 0.0504 e. The summed E-state index contributed by atoms with van der Waals surface area (Å²) in [5, 5.41) is 15.3. The second kappa shape index (κ2) is 6.91. The molecule has 0 aliphatic heterocycles. The highest BCUT2D eigenvalue weighted by Crippen LogP contribution is 2.33. The molecule has 0 saturated carbocycles. The Labute approximate surface area is 125 Å². The molecule has 108 valence electrons. The van der Waals surface area contributed by atoms with Gasteiger partial charge in [0.05, 0.1) is 6.61 Å². The van der Waals surface area contributed by atoms with Gasteiger partial charge in [0.2, 0.25) is 0 Å². The Hall–Kier alpha value is -1.32. The Kier molecular flexibility index (Phi) is 5.21. The molecule has 2 rings (SSSR count). The lowest BCUT2D eigenvalue weighted by atomic mass is 9.83. The molecule has 0 aliphatic carbocycles. The minimum Gasteiger partial charge on any atom is -0.396 e. The van der Waals surface area contributed by atoms with E-state index in [4.69, 9.17) is 0 Å². The van der Waals surface area contributed by atoms with E-state index >= 15 is 0 Å². The first-order valence-corrected chi connectivity index (χ1v) is 8.10. The van der Waals surface area contributed by atoms with Crippen LogP contribution < -0.4 is 5.32 Å². The van der Waals surface area contributed by atoms with Gasteiger partial charge in [-0.15, -0.1) is 11.3 Å². The summed E-state index contributed by atoms with van der Waals surface area (Å²) in [5.74, 6) is 0. The average molecular weight is 289 g/mol. The van der Waals surface area contributed by atoms with Gasteiger partial charge in [-0.3, -0.25) is 0 Å². The van der Waals surface area contributed by atoms with Crippen molar-refractivity contribution in [3.05, 3.63) is 41.8 Å². The molecule has 20 heavy (non-hydrogen) atoms. The van der Waals surface area contributed by atoms with Crippen molar-refractivity contribution in [2.45, 2.75) is 26.7 Å². The van der Waals surface area contributed by atoms with Crippen LogP contribution in [0.3, 0.4) is 0 Å². The lowest BCUT2D eigenvalue weighted by Crippen LogP contribution is -2.32. The van der Waals surface area contributed by atoms with Crippen molar-refractivity contribution in [3.63, 3.8) is 0 Å². The van der Waals surface area contributed by atoms with Crippen molar-refractivity contribution in [3.8, 4) is 10.4 Å². The van der Waals surface area contributed by atoms with Crippen molar-refractivity contribution in [2.75, 3.05) is 18.5 Å². The van der Waals surface area contributed by atoms with Gasteiger partial charge in [0.1, 0.15) is 0 Å².